The fraction of sp³-hybridized carbons (Fsp3) is 1.00. The first kappa shape index (κ1) is 15.2. The van der Waals surface area contributed by atoms with Crippen molar-refractivity contribution in [3.05, 3.63) is 0 Å². The van der Waals surface area contributed by atoms with E-state index in [4.69, 9.17) is 9.47 Å². The number of ether oxygens (including phenoxy) is 2. The van der Waals surface area contributed by atoms with E-state index in [1.807, 2.05) is 0 Å². The van der Waals surface area contributed by atoms with Gasteiger partial charge in [0.2, 0.25) is 0 Å². The van der Waals surface area contributed by atoms with Gasteiger partial charge in [0.05, 0.1) is 23.2 Å². The van der Waals surface area contributed by atoms with Crippen molar-refractivity contribution in [1.82, 2.24) is 5.32 Å². The minimum atomic E-state index is -3.07. The minimum Gasteiger partial charge on any atom is -0.377 e. The highest BCUT2D eigenvalue weighted by Gasteiger charge is 2.28. The normalized spacial score (nSPS) is 29.7. The zero-order chi connectivity index (χ0) is 13.7. The van der Waals surface area contributed by atoms with E-state index >= 15 is 0 Å². The fourth-order valence-corrected chi connectivity index (χ4v) is 4.06. The Morgan fingerprint density at radius 1 is 1.16 bits per heavy atom. The summed E-state index contributed by atoms with van der Waals surface area (Å²) in [7, 11) is -3.07. The van der Waals surface area contributed by atoms with E-state index in [2.05, 4.69) is 5.32 Å². The number of sulfone groups is 1. The highest BCUT2D eigenvalue weighted by molar-refractivity contribution is 7.92. The summed E-state index contributed by atoms with van der Waals surface area (Å²) in [6.45, 7) is 4.55. The molecule has 0 amide bonds. The van der Waals surface area contributed by atoms with Crippen LogP contribution in [0.3, 0.4) is 0 Å². The molecule has 0 spiro atoms. The summed E-state index contributed by atoms with van der Waals surface area (Å²) < 4.78 is 35.2. The van der Waals surface area contributed by atoms with Crippen molar-refractivity contribution >= 4 is 9.84 Å². The fourth-order valence-electron chi connectivity index (χ4n) is 2.58. The highest BCUT2D eigenvalue weighted by Crippen LogP contribution is 2.16. The van der Waals surface area contributed by atoms with Crippen LogP contribution in [0, 0.1) is 0 Å². The molecule has 3 unspecified atom stereocenters. The zero-order valence-electron chi connectivity index (χ0n) is 11.6. The highest BCUT2D eigenvalue weighted by atomic mass is 32.2. The Bertz CT molecular complexity index is 359. The van der Waals surface area contributed by atoms with Crippen LogP contribution < -0.4 is 5.32 Å². The molecule has 0 bridgehead atoms. The Labute approximate surface area is 116 Å². The van der Waals surface area contributed by atoms with Crippen molar-refractivity contribution in [3.63, 3.8) is 0 Å². The first-order valence-electron chi connectivity index (χ1n) is 7.23. The van der Waals surface area contributed by atoms with Gasteiger partial charge in [-0.05, 0) is 32.6 Å². The van der Waals surface area contributed by atoms with Crippen molar-refractivity contribution in [2.75, 3.05) is 32.1 Å². The first-order chi connectivity index (χ1) is 9.08. The van der Waals surface area contributed by atoms with Crippen LogP contribution in [0.2, 0.25) is 0 Å². The summed E-state index contributed by atoms with van der Waals surface area (Å²) in [5, 5.41) is 2.85. The molecule has 112 valence electrons. The van der Waals surface area contributed by atoms with Gasteiger partial charge in [0, 0.05) is 26.3 Å². The molecule has 0 aromatic rings. The third-order valence-corrected chi connectivity index (χ3v) is 6.11. The molecular weight excluding hydrogens is 266 g/mol. The maximum atomic E-state index is 12.2. The van der Waals surface area contributed by atoms with Gasteiger partial charge in [0.25, 0.3) is 0 Å². The maximum absolute atomic E-state index is 12.2. The van der Waals surface area contributed by atoms with Crippen molar-refractivity contribution in [3.8, 4) is 0 Å². The van der Waals surface area contributed by atoms with Gasteiger partial charge in [0.15, 0.2) is 9.84 Å². The molecule has 0 aromatic heterocycles. The molecule has 19 heavy (non-hydrogen) atoms. The third kappa shape index (κ3) is 4.70. The van der Waals surface area contributed by atoms with E-state index < -0.39 is 9.84 Å². The topological polar surface area (TPSA) is 64.6 Å². The average molecular weight is 291 g/mol. The second kappa shape index (κ2) is 7.02. The molecule has 6 heteroatoms. The second-order valence-electron chi connectivity index (χ2n) is 5.57. The van der Waals surface area contributed by atoms with Crippen LogP contribution in [-0.2, 0) is 19.3 Å². The number of rotatable bonds is 7. The molecular formula is C13H25NO4S. The van der Waals surface area contributed by atoms with Gasteiger partial charge in [0.1, 0.15) is 0 Å². The third-order valence-electron chi connectivity index (χ3n) is 3.88. The standard InChI is InChI=1S/C13H25NO4S/c1-11(8-14-9-12-4-2-6-17-12)19(15,16)10-13-5-3-7-18-13/h11-14H,2-10H2,1H3. The lowest BCUT2D eigenvalue weighted by atomic mass is 10.2. The van der Waals surface area contributed by atoms with E-state index in [-0.39, 0.29) is 23.2 Å². The predicted octanol–water partition coefficient (Wildman–Crippen LogP) is 0.737. The summed E-state index contributed by atoms with van der Waals surface area (Å²) in [4.78, 5) is 0. The molecule has 1 N–H and O–H groups in total. The summed E-state index contributed by atoms with van der Waals surface area (Å²) >= 11 is 0. The zero-order valence-corrected chi connectivity index (χ0v) is 12.5. The van der Waals surface area contributed by atoms with E-state index in [1.54, 1.807) is 6.92 Å². The largest absolute Gasteiger partial charge is 0.377 e. The SMILES string of the molecule is CC(CNCC1CCCO1)S(=O)(=O)CC1CCCO1. The van der Waals surface area contributed by atoms with E-state index in [0.29, 0.717) is 13.2 Å². The molecule has 2 heterocycles. The van der Waals surface area contributed by atoms with Gasteiger partial charge in [-0.3, -0.25) is 0 Å². The van der Waals surface area contributed by atoms with Gasteiger partial charge in [-0.2, -0.15) is 0 Å². The van der Waals surface area contributed by atoms with Crippen LogP contribution in [0.1, 0.15) is 32.6 Å². The van der Waals surface area contributed by atoms with Crippen LogP contribution in [0.15, 0.2) is 0 Å². The Kier molecular flexibility index (Phi) is 5.62. The number of hydrogen-bond donors (Lipinski definition) is 1. The number of hydrogen-bond acceptors (Lipinski definition) is 5. The van der Waals surface area contributed by atoms with E-state index in [0.717, 1.165) is 38.8 Å². The Balaban J connectivity index is 1.69. The molecule has 0 saturated carbocycles. The quantitative estimate of drug-likeness (QED) is 0.749. The lowest BCUT2D eigenvalue weighted by Gasteiger charge is -2.17. The summed E-state index contributed by atoms with van der Waals surface area (Å²) in [6.07, 6.45) is 4.20. The van der Waals surface area contributed by atoms with Gasteiger partial charge in [-0.1, -0.05) is 0 Å². The van der Waals surface area contributed by atoms with Crippen LogP contribution in [0.5, 0.6) is 0 Å². The summed E-state index contributed by atoms with van der Waals surface area (Å²) in [5.74, 6) is 0.162. The Morgan fingerprint density at radius 2 is 1.79 bits per heavy atom. The second-order valence-corrected chi connectivity index (χ2v) is 8.03. The monoisotopic (exact) mass is 291 g/mol. The van der Waals surface area contributed by atoms with Crippen LogP contribution in [0.4, 0.5) is 0 Å². The molecule has 2 saturated heterocycles. The first-order valence-corrected chi connectivity index (χ1v) is 8.95. The molecule has 3 atom stereocenters. The molecule has 5 nitrogen and oxygen atoms in total. The summed E-state index contributed by atoms with van der Waals surface area (Å²) in [5.41, 5.74) is 0. The van der Waals surface area contributed by atoms with Crippen molar-refractivity contribution < 1.29 is 17.9 Å². The van der Waals surface area contributed by atoms with E-state index in [1.165, 1.54) is 0 Å². The minimum absolute atomic E-state index is 0.0920. The molecule has 2 aliphatic rings. The molecule has 0 aliphatic carbocycles. The molecule has 0 radical (unpaired) electrons. The van der Waals surface area contributed by atoms with Crippen LogP contribution >= 0.6 is 0 Å². The Morgan fingerprint density at radius 3 is 2.37 bits per heavy atom. The number of nitrogens with one attached hydrogen (secondary N) is 1. The molecule has 2 fully saturated rings. The van der Waals surface area contributed by atoms with Gasteiger partial charge in [-0.25, -0.2) is 8.42 Å². The van der Waals surface area contributed by atoms with Crippen LogP contribution in [-0.4, -0.2) is 57.9 Å². The molecule has 2 aliphatic heterocycles. The van der Waals surface area contributed by atoms with Crippen molar-refractivity contribution in [1.29, 1.82) is 0 Å². The lowest BCUT2D eigenvalue weighted by Crippen LogP contribution is -2.38. The average Bonchev–Trinajstić information content (AvgIpc) is 3.01. The Hall–Kier alpha value is -0.170. The van der Waals surface area contributed by atoms with Crippen molar-refractivity contribution in [2.45, 2.75) is 50.1 Å². The molecule has 0 aromatic carbocycles. The van der Waals surface area contributed by atoms with E-state index in [9.17, 15) is 8.42 Å². The van der Waals surface area contributed by atoms with Crippen molar-refractivity contribution in [2.24, 2.45) is 0 Å². The predicted molar refractivity (Wildman–Crippen MR) is 74.1 cm³/mol. The maximum Gasteiger partial charge on any atom is 0.156 e. The van der Waals surface area contributed by atoms with Crippen LogP contribution in [0.25, 0.3) is 0 Å². The van der Waals surface area contributed by atoms with Gasteiger partial charge < -0.3 is 14.8 Å². The van der Waals surface area contributed by atoms with Gasteiger partial charge >= 0.3 is 0 Å². The molecule has 2 rings (SSSR count). The smallest absolute Gasteiger partial charge is 0.156 e. The summed E-state index contributed by atoms with van der Waals surface area (Å²) in [6, 6.07) is 0. The van der Waals surface area contributed by atoms with Gasteiger partial charge in [-0.15, -0.1) is 0 Å². The lowest BCUT2D eigenvalue weighted by molar-refractivity contribution is 0.110.